The van der Waals surface area contributed by atoms with Crippen LogP contribution < -0.4 is 5.69 Å². The molecule has 0 aliphatic carbocycles. The van der Waals surface area contributed by atoms with E-state index in [0.717, 1.165) is 37.9 Å². The highest BCUT2D eigenvalue weighted by molar-refractivity contribution is 5.81. The number of nitrogens with zero attached hydrogens (tertiary/aromatic N) is 4. The molecular formula is C19H21FN4O2. The minimum atomic E-state index is -0.447. The van der Waals surface area contributed by atoms with Crippen molar-refractivity contribution in [2.24, 2.45) is 0 Å². The lowest BCUT2D eigenvalue weighted by Gasteiger charge is -2.26. The summed E-state index contributed by atoms with van der Waals surface area (Å²) in [6.45, 7) is 1.55. The summed E-state index contributed by atoms with van der Waals surface area (Å²) in [6, 6.07) is 5.55. The van der Waals surface area contributed by atoms with E-state index < -0.39 is 6.04 Å². The Bertz CT molecular complexity index is 891. The van der Waals surface area contributed by atoms with Crippen LogP contribution in [0.15, 0.2) is 29.1 Å². The zero-order chi connectivity index (χ0) is 18.1. The van der Waals surface area contributed by atoms with Crippen molar-refractivity contribution >= 4 is 18.2 Å². The van der Waals surface area contributed by atoms with Crippen LogP contribution in [0.25, 0.3) is 12.3 Å². The maximum atomic E-state index is 13.0. The summed E-state index contributed by atoms with van der Waals surface area (Å²) in [7, 11) is 0. The second-order valence-corrected chi connectivity index (χ2v) is 6.82. The summed E-state index contributed by atoms with van der Waals surface area (Å²) in [4.78, 5) is 27.5. The predicted molar refractivity (Wildman–Crippen MR) is 95.9 cm³/mol. The fourth-order valence-electron chi connectivity index (χ4n) is 3.71. The van der Waals surface area contributed by atoms with Gasteiger partial charge >= 0.3 is 5.69 Å². The number of carbonyl (C=O) groups is 1. The minimum Gasteiger partial charge on any atom is -0.341 e. The number of carbonyl (C=O) groups excluding carboxylic acids is 1. The second-order valence-electron chi connectivity index (χ2n) is 6.82. The van der Waals surface area contributed by atoms with Gasteiger partial charge in [0.1, 0.15) is 17.7 Å². The van der Waals surface area contributed by atoms with Crippen molar-refractivity contribution in [1.82, 2.24) is 19.2 Å². The molecule has 4 rings (SSSR count). The quantitative estimate of drug-likeness (QED) is 0.848. The Morgan fingerprint density at radius 3 is 2.62 bits per heavy atom. The van der Waals surface area contributed by atoms with E-state index in [1.807, 2.05) is 4.90 Å². The zero-order valence-electron chi connectivity index (χ0n) is 14.5. The molecule has 1 aromatic heterocycles. The van der Waals surface area contributed by atoms with Gasteiger partial charge in [-0.25, -0.2) is 9.18 Å². The molecular weight excluding hydrogens is 335 g/mol. The summed E-state index contributed by atoms with van der Waals surface area (Å²) >= 11 is 0. The number of halogens is 1. The molecule has 1 aromatic carbocycles. The van der Waals surface area contributed by atoms with E-state index in [4.69, 9.17) is 0 Å². The maximum Gasteiger partial charge on any atom is 0.350 e. The first-order chi connectivity index (χ1) is 12.6. The van der Waals surface area contributed by atoms with Gasteiger partial charge in [0.05, 0.1) is 0 Å². The third kappa shape index (κ3) is 3.09. The van der Waals surface area contributed by atoms with Gasteiger partial charge in [-0.2, -0.15) is 9.78 Å². The van der Waals surface area contributed by atoms with Crippen LogP contribution in [-0.4, -0.2) is 38.2 Å². The third-order valence-corrected chi connectivity index (χ3v) is 5.07. The largest absolute Gasteiger partial charge is 0.350 e. The lowest BCUT2D eigenvalue weighted by molar-refractivity contribution is -0.134. The van der Waals surface area contributed by atoms with Crippen molar-refractivity contribution in [2.45, 2.75) is 38.1 Å². The van der Waals surface area contributed by atoms with Crippen LogP contribution in [-0.2, 0) is 11.2 Å². The normalized spacial score (nSPS) is 19.9. The smallest absolute Gasteiger partial charge is 0.341 e. The second kappa shape index (κ2) is 6.90. The van der Waals surface area contributed by atoms with Crippen molar-refractivity contribution < 1.29 is 9.18 Å². The standard InChI is InChI=1S/C19H21FN4O2/c20-15-8-6-14(7-9-15)10-13-23-19(26)24-16(4-3-5-17(24)21-23)18(25)22-11-1-2-12-22/h6-10,13,16H,1-5,11-12H2/b13-10+/t16-/m0/s1. The predicted octanol–water partition coefficient (Wildman–Crippen LogP) is 2.31. The molecule has 2 aliphatic rings. The molecule has 0 spiro atoms. The van der Waals surface area contributed by atoms with Gasteiger partial charge in [0, 0.05) is 25.7 Å². The lowest BCUT2D eigenvalue weighted by atomic mass is 10.0. The van der Waals surface area contributed by atoms with Gasteiger partial charge in [0.2, 0.25) is 5.91 Å². The van der Waals surface area contributed by atoms with Crippen LogP contribution in [0.2, 0.25) is 0 Å². The van der Waals surface area contributed by atoms with Gasteiger partial charge in [-0.1, -0.05) is 12.1 Å². The summed E-state index contributed by atoms with van der Waals surface area (Å²) < 4.78 is 15.8. The number of benzene rings is 1. The Balaban J connectivity index is 1.62. The Hall–Kier alpha value is -2.70. The fraction of sp³-hybridized carbons (Fsp3) is 0.421. The lowest BCUT2D eigenvalue weighted by Crippen LogP contribution is -2.41. The minimum absolute atomic E-state index is 0.0348. The van der Waals surface area contributed by atoms with E-state index in [2.05, 4.69) is 5.10 Å². The fourth-order valence-corrected chi connectivity index (χ4v) is 3.71. The number of likely N-dealkylation sites (tertiary alicyclic amines) is 1. The first-order valence-corrected chi connectivity index (χ1v) is 9.06. The molecule has 2 aliphatic heterocycles. The highest BCUT2D eigenvalue weighted by atomic mass is 19.1. The number of amides is 1. The summed E-state index contributed by atoms with van der Waals surface area (Å²) in [6.07, 6.45) is 7.55. The van der Waals surface area contributed by atoms with Gasteiger partial charge in [0.15, 0.2) is 0 Å². The molecule has 0 N–H and O–H groups in total. The molecule has 1 atom stereocenters. The zero-order valence-corrected chi connectivity index (χ0v) is 14.5. The van der Waals surface area contributed by atoms with Gasteiger partial charge in [-0.3, -0.25) is 9.36 Å². The van der Waals surface area contributed by atoms with Crippen molar-refractivity contribution in [3.05, 3.63) is 52.0 Å². The third-order valence-electron chi connectivity index (χ3n) is 5.07. The molecule has 3 heterocycles. The Morgan fingerprint density at radius 1 is 1.15 bits per heavy atom. The molecule has 26 heavy (non-hydrogen) atoms. The molecule has 2 aromatic rings. The summed E-state index contributed by atoms with van der Waals surface area (Å²) in [5.41, 5.74) is 0.476. The average molecular weight is 356 g/mol. The number of fused-ring (bicyclic) bond motifs is 1. The maximum absolute atomic E-state index is 13.0. The van der Waals surface area contributed by atoms with E-state index in [0.29, 0.717) is 18.7 Å². The SMILES string of the molecule is O=C([C@@H]1CCCc2nn(/C=C/c3ccc(F)cc3)c(=O)n21)N1CCCC1. The molecule has 6 nitrogen and oxygen atoms in total. The Morgan fingerprint density at radius 2 is 1.88 bits per heavy atom. The highest BCUT2D eigenvalue weighted by Gasteiger charge is 2.33. The summed E-state index contributed by atoms with van der Waals surface area (Å²) in [5.74, 6) is 0.384. The highest BCUT2D eigenvalue weighted by Crippen LogP contribution is 2.25. The van der Waals surface area contributed by atoms with Crippen LogP contribution in [0.4, 0.5) is 4.39 Å². The summed E-state index contributed by atoms with van der Waals surface area (Å²) in [5, 5.41) is 4.38. The monoisotopic (exact) mass is 356 g/mol. The molecule has 0 unspecified atom stereocenters. The first-order valence-electron chi connectivity index (χ1n) is 9.06. The van der Waals surface area contributed by atoms with Gasteiger partial charge in [0.25, 0.3) is 0 Å². The molecule has 0 bridgehead atoms. The van der Waals surface area contributed by atoms with Crippen LogP contribution in [0, 0.1) is 5.82 Å². The molecule has 1 amide bonds. The Kier molecular flexibility index (Phi) is 4.44. The van der Waals surface area contributed by atoms with Gasteiger partial charge in [-0.15, -0.1) is 0 Å². The number of hydrogen-bond acceptors (Lipinski definition) is 3. The van der Waals surface area contributed by atoms with Crippen LogP contribution in [0.3, 0.4) is 0 Å². The van der Waals surface area contributed by atoms with Crippen LogP contribution >= 0.6 is 0 Å². The first kappa shape index (κ1) is 16.8. The molecule has 0 radical (unpaired) electrons. The van der Waals surface area contributed by atoms with Crippen molar-refractivity contribution in [1.29, 1.82) is 0 Å². The molecule has 136 valence electrons. The average Bonchev–Trinajstić information content (AvgIpc) is 3.29. The van der Waals surface area contributed by atoms with Crippen molar-refractivity contribution in [2.75, 3.05) is 13.1 Å². The number of hydrogen-bond donors (Lipinski definition) is 0. The Labute approximate surface area is 150 Å². The van der Waals surface area contributed by atoms with Crippen molar-refractivity contribution in [3.63, 3.8) is 0 Å². The van der Waals surface area contributed by atoms with Gasteiger partial charge in [-0.05, 0) is 49.5 Å². The molecule has 1 saturated heterocycles. The topological polar surface area (TPSA) is 60.1 Å². The van der Waals surface area contributed by atoms with E-state index in [9.17, 15) is 14.0 Å². The van der Waals surface area contributed by atoms with E-state index >= 15 is 0 Å². The number of rotatable bonds is 3. The number of aryl methyl sites for hydroxylation is 1. The molecule has 7 heteroatoms. The van der Waals surface area contributed by atoms with Crippen molar-refractivity contribution in [3.8, 4) is 0 Å². The molecule has 1 fully saturated rings. The van der Waals surface area contributed by atoms with Gasteiger partial charge < -0.3 is 4.90 Å². The van der Waals surface area contributed by atoms with E-state index in [1.54, 1.807) is 29.0 Å². The number of aromatic nitrogens is 3. The molecule has 0 saturated carbocycles. The van der Waals surface area contributed by atoms with Crippen LogP contribution in [0.5, 0.6) is 0 Å². The van der Waals surface area contributed by atoms with Crippen LogP contribution in [0.1, 0.15) is 43.1 Å². The van der Waals surface area contributed by atoms with E-state index in [-0.39, 0.29) is 17.4 Å². The van der Waals surface area contributed by atoms with E-state index in [1.165, 1.54) is 16.8 Å².